The van der Waals surface area contributed by atoms with Crippen LogP contribution >= 0.6 is 23.2 Å². The van der Waals surface area contributed by atoms with Crippen molar-refractivity contribution < 1.29 is 18.7 Å². The number of anilines is 1. The fourth-order valence-electron chi connectivity index (χ4n) is 2.62. The van der Waals surface area contributed by atoms with Crippen LogP contribution in [0.2, 0.25) is 10.0 Å². The minimum Gasteiger partial charge on any atom is -0.455 e. The monoisotopic (exact) mass is 431 g/mol. The van der Waals surface area contributed by atoms with E-state index in [0.717, 1.165) is 11.3 Å². The molecule has 0 aliphatic carbocycles. The van der Waals surface area contributed by atoms with Crippen molar-refractivity contribution in [1.82, 2.24) is 5.43 Å². The molecule has 1 aliphatic heterocycles. The van der Waals surface area contributed by atoms with Gasteiger partial charge in [0.25, 0.3) is 5.91 Å². The van der Waals surface area contributed by atoms with Crippen molar-refractivity contribution in [2.24, 2.45) is 5.10 Å². The molecule has 148 valence electrons. The van der Waals surface area contributed by atoms with Crippen LogP contribution in [0, 0.1) is 0 Å². The number of fused-ring (bicyclic) bond motifs is 1. The third-order valence-electron chi connectivity index (χ3n) is 4.04. The number of hydrogen-bond donors (Lipinski definition) is 2. The highest BCUT2D eigenvalue weighted by Gasteiger charge is 2.13. The van der Waals surface area contributed by atoms with Gasteiger partial charge in [0.2, 0.25) is 6.79 Å². The van der Waals surface area contributed by atoms with E-state index in [1.165, 1.54) is 6.21 Å². The molecule has 0 saturated heterocycles. The summed E-state index contributed by atoms with van der Waals surface area (Å²) in [5.74, 6) is 2.11. The van der Waals surface area contributed by atoms with Gasteiger partial charge in [-0.05, 0) is 42.5 Å². The predicted octanol–water partition coefficient (Wildman–Crippen LogP) is 4.54. The predicted molar refractivity (Wildman–Crippen MR) is 111 cm³/mol. The summed E-state index contributed by atoms with van der Waals surface area (Å²) >= 11 is 11.9. The fraction of sp³-hybridized carbons (Fsp3) is 0.100. The lowest BCUT2D eigenvalue weighted by atomic mass is 10.2. The molecule has 1 amide bonds. The number of halogens is 2. The van der Waals surface area contributed by atoms with Gasteiger partial charge in [-0.25, -0.2) is 5.43 Å². The molecule has 2 N–H and O–H groups in total. The van der Waals surface area contributed by atoms with Crippen LogP contribution in [-0.4, -0.2) is 25.5 Å². The SMILES string of the molecule is O=C(CNc1ccc2c(c1)OCO2)N/N=C\c1ccc(-c2ccc(Cl)c(Cl)c2)o1. The molecule has 3 aromatic rings. The minimum absolute atomic E-state index is 0.0453. The Morgan fingerprint density at radius 3 is 2.76 bits per heavy atom. The van der Waals surface area contributed by atoms with E-state index >= 15 is 0 Å². The van der Waals surface area contributed by atoms with Crippen LogP contribution in [0.5, 0.6) is 11.5 Å². The van der Waals surface area contributed by atoms with E-state index in [4.69, 9.17) is 37.1 Å². The molecule has 0 radical (unpaired) electrons. The summed E-state index contributed by atoms with van der Waals surface area (Å²) in [7, 11) is 0. The lowest BCUT2D eigenvalue weighted by Crippen LogP contribution is -2.25. The number of hydrogen-bond acceptors (Lipinski definition) is 6. The molecule has 0 fully saturated rings. The number of carbonyl (C=O) groups is 1. The van der Waals surface area contributed by atoms with Crippen molar-refractivity contribution in [1.29, 1.82) is 0 Å². The van der Waals surface area contributed by atoms with Gasteiger partial charge in [-0.2, -0.15) is 5.10 Å². The van der Waals surface area contributed by atoms with E-state index in [2.05, 4.69) is 15.8 Å². The Hall–Kier alpha value is -3.16. The summed E-state index contributed by atoms with van der Waals surface area (Å²) in [6.07, 6.45) is 1.42. The molecule has 0 bridgehead atoms. The zero-order chi connectivity index (χ0) is 20.2. The molecule has 2 heterocycles. The highest BCUT2D eigenvalue weighted by atomic mass is 35.5. The molecule has 2 aromatic carbocycles. The first-order valence-electron chi connectivity index (χ1n) is 8.59. The second-order valence-corrected chi connectivity index (χ2v) is 6.86. The van der Waals surface area contributed by atoms with E-state index < -0.39 is 0 Å². The molecular formula is C20H15Cl2N3O4. The molecule has 29 heavy (non-hydrogen) atoms. The highest BCUT2D eigenvalue weighted by Crippen LogP contribution is 2.34. The summed E-state index contributed by atoms with van der Waals surface area (Å²) in [4.78, 5) is 11.9. The zero-order valence-electron chi connectivity index (χ0n) is 14.9. The largest absolute Gasteiger partial charge is 0.455 e. The number of carbonyl (C=O) groups excluding carboxylic acids is 1. The van der Waals surface area contributed by atoms with E-state index in [9.17, 15) is 4.79 Å². The summed E-state index contributed by atoms with van der Waals surface area (Å²) in [5.41, 5.74) is 3.96. The maximum atomic E-state index is 11.9. The fourth-order valence-corrected chi connectivity index (χ4v) is 2.92. The van der Waals surface area contributed by atoms with Crippen molar-refractivity contribution in [3.8, 4) is 22.8 Å². The summed E-state index contributed by atoms with van der Waals surface area (Å²) in [6, 6.07) is 14.1. The van der Waals surface area contributed by atoms with Gasteiger partial charge in [0.1, 0.15) is 11.5 Å². The topological polar surface area (TPSA) is 85.1 Å². The smallest absolute Gasteiger partial charge is 0.259 e. The van der Waals surface area contributed by atoms with Crippen LogP contribution in [0.4, 0.5) is 5.69 Å². The molecule has 0 saturated carbocycles. The Labute approximate surface area is 176 Å². The van der Waals surface area contributed by atoms with E-state index in [0.29, 0.717) is 33.1 Å². The molecule has 9 heteroatoms. The Kier molecular flexibility index (Phi) is 5.59. The lowest BCUT2D eigenvalue weighted by molar-refractivity contribution is -0.119. The van der Waals surface area contributed by atoms with Gasteiger partial charge >= 0.3 is 0 Å². The number of nitrogens with zero attached hydrogens (tertiary/aromatic N) is 1. The normalized spacial score (nSPS) is 12.3. The van der Waals surface area contributed by atoms with Crippen molar-refractivity contribution in [3.63, 3.8) is 0 Å². The van der Waals surface area contributed by atoms with Gasteiger partial charge in [0.15, 0.2) is 11.5 Å². The van der Waals surface area contributed by atoms with Gasteiger partial charge in [-0.3, -0.25) is 4.79 Å². The number of benzene rings is 2. The maximum Gasteiger partial charge on any atom is 0.259 e. The van der Waals surface area contributed by atoms with Crippen molar-refractivity contribution in [2.75, 3.05) is 18.7 Å². The number of nitrogens with one attached hydrogen (secondary N) is 2. The number of hydrazone groups is 1. The van der Waals surface area contributed by atoms with Crippen LogP contribution in [0.25, 0.3) is 11.3 Å². The Morgan fingerprint density at radius 1 is 1.03 bits per heavy atom. The average molecular weight is 432 g/mol. The summed E-state index contributed by atoms with van der Waals surface area (Å²) < 4.78 is 16.2. The van der Waals surface area contributed by atoms with Crippen molar-refractivity contribution in [2.45, 2.75) is 0 Å². The molecule has 0 unspecified atom stereocenters. The molecule has 1 aromatic heterocycles. The lowest BCUT2D eigenvalue weighted by Gasteiger charge is -2.06. The zero-order valence-corrected chi connectivity index (χ0v) is 16.5. The van der Waals surface area contributed by atoms with Gasteiger partial charge in [0, 0.05) is 17.3 Å². The molecule has 7 nitrogen and oxygen atoms in total. The average Bonchev–Trinajstić information content (AvgIpc) is 3.37. The van der Waals surface area contributed by atoms with E-state index in [1.807, 2.05) is 0 Å². The van der Waals surface area contributed by atoms with Crippen LogP contribution in [-0.2, 0) is 4.79 Å². The van der Waals surface area contributed by atoms with Crippen molar-refractivity contribution >= 4 is 41.0 Å². The molecular weight excluding hydrogens is 417 g/mol. The molecule has 0 atom stereocenters. The summed E-state index contributed by atoms with van der Waals surface area (Å²) in [5, 5.41) is 7.81. The van der Waals surface area contributed by atoms with Gasteiger partial charge < -0.3 is 19.2 Å². The van der Waals surface area contributed by atoms with Gasteiger partial charge in [-0.15, -0.1) is 0 Å². The Bertz CT molecular complexity index is 1080. The number of amides is 1. The van der Waals surface area contributed by atoms with Gasteiger partial charge in [-0.1, -0.05) is 23.2 Å². The van der Waals surface area contributed by atoms with Crippen LogP contribution in [0.1, 0.15) is 5.76 Å². The summed E-state index contributed by atoms with van der Waals surface area (Å²) in [6.45, 7) is 0.247. The van der Waals surface area contributed by atoms with Gasteiger partial charge in [0.05, 0.1) is 22.8 Å². The van der Waals surface area contributed by atoms with Crippen LogP contribution in [0.3, 0.4) is 0 Å². The van der Waals surface area contributed by atoms with E-state index in [1.54, 1.807) is 48.5 Å². The number of rotatable bonds is 6. The minimum atomic E-state index is -0.310. The second kappa shape index (κ2) is 8.46. The van der Waals surface area contributed by atoms with Crippen molar-refractivity contribution in [3.05, 3.63) is 64.3 Å². The third kappa shape index (κ3) is 4.64. The van der Waals surface area contributed by atoms with E-state index in [-0.39, 0.29) is 19.2 Å². The highest BCUT2D eigenvalue weighted by molar-refractivity contribution is 6.42. The van der Waals surface area contributed by atoms with Crippen LogP contribution in [0.15, 0.2) is 58.0 Å². The first-order chi connectivity index (χ1) is 14.1. The second-order valence-electron chi connectivity index (χ2n) is 6.05. The number of ether oxygens (including phenoxy) is 2. The Balaban J connectivity index is 1.29. The molecule has 0 spiro atoms. The maximum absolute atomic E-state index is 11.9. The first-order valence-corrected chi connectivity index (χ1v) is 9.35. The first kappa shape index (κ1) is 19.2. The quantitative estimate of drug-likeness (QED) is 0.441. The Morgan fingerprint density at radius 2 is 1.90 bits per heavy atom. The number of furan rings is 1. The third-order valence-corrected chi connectivity index (χ3v) is 4.78. The molecule has 1 aliphatic rings. The van der Waals surface area contributed by atoms with Crippen LogP contribution < -0.4 is 20.2 Å². The standard InChI is InChI=1S/C20H15Cl2N3O4/c21-15-4-1-12(7-16(15)22)17-6-3-14(29-17)9-24-25-20(26)10-23-13-2-5-18-19(8-13)28-11-27-18/h1-9,23H,10-11H2,(H,25,26)/b24-9-. The molecule has 4 rings (SSSR count).